The van der Waals surface area contributed by atoms with Gasteiger partial charge in [-0.25, -0.2) is 0 Å². The molecule has 3 nitrogen and oxygen atoms in total. The molecule has 0 bridgehead atoms. The van der Waals surface area contributed by atoms with Crippen LogP contribution in [0, 0.1) is 0 Å². The molecule has 1 rings (SSSR count). The number of anilines is 1. The van der Waals surface area contributed by atoms with Crippen molar-refractivity contribution < 1.29 is 4.74 Å². The van der Waals surface area contributed by atoms with E-state index in [-0.39, 0.29) is 6.10 Å². The van der Waals surface area contributed by atoms with E-state index in [0.717, 1.165) is 17.8 Å². The Labute approximate surface area is 85.3 Å². The van der Waals surface area contributed by atoms with Gasteiger partial charge >= 0.3 is 0 Å². The predicted octanol–water partition coefficient (Wildman–Crippen LogP) is 1.59. The second-order valence-corrected chi connectivity index (χ2v) is 3.33. The summed E-state index contributed by atoms with van der Waals surface area (Å²) in [6.45, 7) is 3.44. The molecule has 0 aliphatic carbocycles. The molecule has 0 fully saturated rings. The Balaban J connectivity index is 2.43. The van der Waals surface area contributed by atoms with Crippen LogP contribution in [-0.4, -0.2) is 19.8 Å². The number of nitrogens with one attached hydrogen (secondary N) is 1. The van der Waals surface area contributed by atoms with Crippen molar-refractivity contribution in [3.8, 4) is 0 Å². The van der Waals surface area contributed by atoms with E-state index in [1.807, 2.05) is 31.2 Å². The van der Waals surface area contributed by atoms with E-state index in [0.29, 0.717) is 6.54 Å². The molecule has 14 heavy (non-hydrogen) atoms. The molecule has 0 amide bonds. The van der Waals surface area contributed by atoms with E-state index in [1.165, 1.54) is 0 Å². The molecule has 0 saturated heterocycles. The molecule has 78 valence electrons. The maximum absolute atomic E-state index is 5.50. The van der Waals surface area contributed by atoms with Crippen LogP contribution in [0.15, 0.2) is 24.3 Å². The highest BCUT2D eigenvalue weighted by Gasteiger charge is 1.98. The molecular formula is C11H18N2O. The molecule has 0 heterocycles. The van der Waals surface area contributed by atoms with Crippen LogP contribution in [-0.2, 0) is 11.3 Å². The van der Waals surface area contributed by atoms with Crippen LogP contribution < -0.4 is 11.1 Å². The lowest BCUT2D eigenvalue weighted by molar-refractivity contribution is 0.129. The second-order valence-electron chi connectivity index (χ2n) is 3.33. The lowest BCUT2D eigenvalue weighted by Gasteiger charge is -2.11. The Morgan fingerprint density at radius 1 is 1.36 bits per heavy atom. The van der Waals surface area contributed by atoms with Crippen molar-refractivity contribution in [2.24, 2.45) is 5.73 Å². The first kappa shape index (κ1) is 11.0. The number of nitrogens with two attached hydrogens (primary N) is 1. The number of hydrogen-bond donors (Lipinski definition) is 2. The summed E-state index contributed by atoms with van der Waals surface area (Å²) in [5.74, 6) is 0. The molecule has 1 unspecified atom stereocenters. The summed E-state index contributed by atoms with van der Waals surface area (Å²) >= 11 is 0. The molecule has 0 aromatic heterocycles. The number of rotatable bonds is 5. The van der Waals surface area contributed by atoms with Gasteiger partial charge in [-0.1, -0.05) is 12.1 Å². The van der Waals surface area contributed by atoms with E-state index in [4.69, 9.17) is 10.5 Å². The molecule has 1 atom stereocenters. The van der Waals surface area contributed by atoms with Gasteiger partial charge in [-0.2, -0.15) is 0 Å². The van der Waals surface area contributed by atoms with E-state index in [9.17, 15) is 0 Å². The van der Waals surface area contributed by atoms with Gasteiger partial charge < -0.3 is 15.8 Å². The highest BCUT2D eigenvalue weighted by Crippen LogP contribution is 2.09. The van der Waals surface area contributed by atoms with E-state index < -0.39 is 0 Å². The Morgan fingerprint density at radius 2 is 2.00 bits per heavy atom. The molecule has 0 spiro atoms. The first-order chi connectivity index (χ1) is 6.76. The minimum Gasteiger partial charge on any atom is -0.382 e. The largest absolute Gasteiger partial charge is 0.382 e. The van der Waals surface area contributed by atoms with Crippen molar-refractivity contribution in [3.63, 3.8) is 0 Å². The van der Waals surface area contributed by atoms with Crippen LogP contribution in [0.5, 0.6) is 0 Å². The van der Waals surface area contributed by atoms with Crippen molar-refractivity contribution in [2.45, 2.75) is 19.6 Å². The molecule has 3 N–H and O–H groups in total. The zero-order chi connectivity index (χ0) is 10.4. The van der Waals surface area contributed by atoms with E-state index >= 15 is 0 Å². The average Bonchev–Trinajstić information content (AvgIpc) is 2.26. The van der Waals surface area contributed by atoms with Crippen molar-refractivity contribution in [1.29, 1.82) is 0 Å². The first-order valence-electron chi connectivity index (χ1n) is 4.82. The average molecular weight is 194 g/mol. The van der Waals surface area contributed by atoms with Gasteiger partial charge in [0, 0.05) is 25.9 Å². The quantitative estimate of drug-likeness (QED) is 0.748. The van der Waals surface area contributed by atoms with Crippen molar-refractivity contribution >= 4 is 5.69 Å². The normalized spacial score (nSPS) is 12.5. The highest BCUT2D eigenvalue weighted by molar-refractivity contribution is 5.44. The number of methoxy groups -OCH3 is 1. The summed E-state index contributed by atoms with van der Waals surface area (Å²) in [6.07, 6.45) is 0.226. The summed E-state index contributed by atoms with van der Waals surface area (Å²) < 4.78 is 5.13. The smallest absolute Gasteiger partial charge is 0.0715 e. The summed E-state index contributed by atoms with van der Waals surface area (Å²) in [5, 5.41) is 3.28. The standard InChI is InChI=1S/C11H18N2O/c1-9(14-2)8-13-11-5-3-10(7-12)4-6-11/h3-6,9,13H,7-8,12H2,1-2H3. The fourth-order valence-corrected chi connectivity index (χ4v) is 1.10. The Hall–Kier alpha value is -1.06. The van der Waals surface area contributed by atoms with Gasteiger partial charge in [0.05, 0.1) is 6.10 Å². The van der Waals surface area contributed by atoms with Gasteiger partial charge in [0.1, 0.15) is 0 Å². The third kappa shape index (κ3) is 3.36. The van der Waals surface area contributed by atoms with Gasteiger partial charge in [-0.05, 0) is 24.6 Å². The van der Waals surface area contributed by atoms with Crippen LogP contribution in [0.1, 0.15) is 12.5 Å². The van der Waals surface area contributed by atoms with Crippen LogP contribution in [0.4, 0.5) is 5.69 Å². The minimum atomic E-state index is 0.226. The summed E-state index contributed by atoms with van der Waals surface area (Å²) in [4.78, 5) is 0. The lowest BCUT2D eigenvalue weighted by atomic mass is 10.2. The first-order valence-corrected chi connectivity index (χ1v) is 4.82. The zero-order valence-corrected chi connectivity index (χ0v) is 8.79. The fourth-order valence-electron chi connectivity index (χ4n) is 1.10. The topological polar surface area (TPSA) is 47.3 Å². The Bertz CT molecular complexity index is 258. The maximum Gasteiger partial charge on any atom is 0.0715 e. The van der Waals surface area contributed by atoms with Crippen molar-refractivity contribution in [2.75, 3.05) is 19.0 Å². The number of hydrogen-bond acceptors (Lipinski definition) is 3. The predicted molar refractivity (Wildman–Crippen MR) is 59.3 cm³/mol. The van der Waals surface area contributed by atoms with Crippen LogP contribution >= 0.6 is 0 Å². The molecule has 1 aromatic rings. The Morgan fingerprint density at radius 3 is 2.50 bits per heavy atom. The molecular weight excluding hydrogens is 176 g/mol. The van der Waals surface area contributed by atoms with E-state index in [1.54, 1.807) is 7.11 Å². The zero-order valence-electron chi connectivity index (χ0n) is 8.79. The Kier molecular flexibility index (Phi) is 4.43. The minimum absolute atomic E-state index is 0.226. The van der Waals surface area contributed by atoms with Gasteiger partial charge in [-0.15, -0.1) is 0 Å². The SMILES string of the molecule is COC(C)CNc1ccc(CN)cc1. The third-order valence-corrected chi connectivity index (χ3v) is 2.19. The summed E-state index contributed by atoms with van der Waals surface area (Å²) in [6, 6.07) is 8.12. The van der Waals surface area contributed by atoms with Crippen LogP contribution in [0.3, 0.4) is 0 Å². The summed E-state index contributed by atoms with van der Waals surface area (Å²) in [7, 11) is 1.71. The molecule has 1 aromatic carbocycles. The molecule has 0 radical (unpaired) electrons. The molecule has 0 aliphatic heterocycles. The number of benzene rings is 1. The number of ether oxygens (including phenoxy) is 1. The maximum atomic E-state index is 5.50. The van der Waals surface area contributed by atoms with Gasteiger partial charge in [-0.3, -0.25) is 0 Å². The third-order valence-electron chi connectivity index (χ3n) is 2.19. The molecule has 0 aliphatic rings. The van der Waals surface area contributed by atoms with E-state index in [2.05, 4.69) is 5.32 Å². The monoisotopic (exact) mass is 194 g/mol. The second kappa shape index (κ2) is 5.62. The summed E-state index contributed by atoms with van der Waals surface area (Å²) in [5.41, 5.74) is 7.75. The van der Waals surface area contributed by atoms with Crippen molar-refractivity contribution in [3.05, 3.63) is 29.8 Å². The van der Waals surface area contributed by atoms with Gasteiger partial charge in [0.2, 0.25) is 0 Å². The molecule has 3 heteroatoms. The lowest BCUT2D eigenvalue weighted by Crippen LogP contribution is -2.17. The highest BCUT2D eigenvalue weighted by atomic mass is 16.5. The van der Waals surface area contributed by atoms with Gasteiger partial charge in [0.15, 0.2) is 0 Å². The van der Waals surface area contributed by atoms with Crippen LogP contribution in [0.25, 0.3) is 0 Å². The molecule has 0 saturated carbocycles. The fraction of sp³-hybridized carbons (Fsp3) is 0.455. The van der Waals surface area contributed by atoms with Crippen LogP contribution in [0.2, 0.25) is 0 Å². The van der Waals surface area contributed by atoms with Crippen molar-refractivity contribution in [1.82, 2.24) is 0 Å². The van der Waals surface area contributed by atoms with Gasteiger partial charge in [0.25, 0.3) is 0 Å².